The molecule has 20 heavy (non-hydrogen) atoms. The van der Waals surface area contributed by atoms with Crippen LogP contribution in [-0.2, 0) is 4.79 Å². The lowest BCUT2D eigenvalue weighted by Crippen LogP contribution is -2.39. The highest BCUT2D eigenvalue weighted by molar-refractivity contribution is 5.95. The van der Waals surface area contributed by atoms with E-state index in [4.69, 9.17) is 0 Å². The number of aliphatic hydroxyl groups excluding tert-OH is 2. The number of aromatic nitrogens is 2. The molecule has 0 unspecified atom stereocenters. The summed E-state index contributed by atoms with van der Waals surface area (Å²) in [6.45, 7) is 0. The summed E-state index contributed by atoms with van der Waals surface area (Å²) >= 11 is 0. The van der Waals surface area contributed by atoms with E-state index in [9.17, 15) is 20.1 Å². The molecule has 0 aliphatic rings. The minimum atomic E-state index is -2.02. The SMILES string of the molecule is O=C([O-])[C@@H](O)[C@@H](O)c1nc2cc3ccccc3cc2[nH]1. The number of aliphatic hydroxyl groups is 2. The van der Waals surface area contributed by atoms with Gasteiger partial charge in [-0.2, -0.15) is 0 Å². The van der Waals surface area contributed by atoms with Crippen molar-refractivity contribution in [1.82, 2.24) is 9.97 Å². The monoisotopic (exact) mass is 271 g/mol. The van der Waals surface area contributed by atoms with Gasteiger partial charge in [0, 0.05) is 0 Å². The van der Waals surface area contributed by atoms with Gasteiger partial charge >= 0.3 is 0 Å². The predicted octanol–water partition coefficient (Wildman–Crippen LogP) is -0.140. The van der Waals surface area contributed by atoms with Gasteiger partial charge in [-0.3, -0.25) is 0 Å². The van der Waals surface area contributed by atoms with Crippen LogP contribution in [0.1, 0.15) is 11.9 Å². The second-order valence-corrected chi connectivity index (χ2v) is 4.55. The van der Waals surface area contributed by atoms with Gasteiger partial charge in [0.1, 0.15) is 18.0 Å². The van der Waals surface area contributed by atoms with Gasteiger partial charge < -0.3 is 25.1 Å². The Labute approximate surface area is 113 Å². The van der Waals surface area contributed by atoms with Crippen molar-refractivity contribution in [3.05, 3.63) is 42.2 Å². The zero-order valence-corrected chi connectivity index (χ0v) is 10.3. The molecule has 1 heterocycles. The summed E-state index contributed by atoms with van der Waals surface area (Å²) in [4.78, 5) is 17.5. The fraction of sp³-hybridized carbons (Fsp3) is 0.143. The molecule has 3 N–H and O–H groups in total. The number of rotatable bonds is 3. The predicted molar refractivity (Wildman–Crippen MR) is 69.6 cm³/mol. The van der Waals surface area contributed by atoms with E-state index in [1.54, 1.807) is 0 Å². The van der Waals surface area contributed by atoms with Crippen LogP contribution in [0.5, 0.6) is 0 Å². The van der Waals surface area contributed by atoms with Crippen molar-refractivity contribution in [3.63, 3.8) is 0 Å². The van der Waals surface area contributed by atoms with Gasteiger partial charge in [-0.25, -0.2) is 4.98 Å². The highest BCUT2D eigenvalue weighted by Crippen LogP contribution is 2.23. The molecule has 0 amide bonds. The van der Waals surface area contributed by atoms with Crippen molar-refractivity contribution >= 4 is 27.8 Å². The van der Waals surface area contributed by atoms with Crippen molar-refractivity contribution in [1.29, 1.82) is 0 Å². The molecule has 0 spiro atoms. The molecular weight excluding hydrogens is 260 g/mol. The van der Waals surface area contributed by atoms with Gasteiger partial charge in [0.05, 0.1) is 17.0 Å². The maximum Gasteiger partial charge on any atom is 0.143 e. The van der Waals surface area contributed by atoms with Crippen LogP contribution >= 0.6 is 0 Å². The number of imidazole rings is 1. The Kier molecular flexibility index (Phi) is 2.89. The van der Waals surface area contributed by atoms with Crippen molar-refractivity contribution in [2.24, 2.45) is 0 Å². The minimum absolute atomic E-state index is 0.00740. The number of benzene rings is 2. The third kappa shape index (κ3) is 2.01. The molecular formula is C14H11N2O4-. The Morgan fingerprint density at radius 3 is 2.50 bits per heavy atom. The Balaban J connectivity index is 2.10. The zero-order chi connectivity index (χ0) is 14.3. The number of nitrogens with zero attached hydrogens (tertiary/aromatic N) is 1. The van der Waals surface area contributed by atoms with E-state index in [0.717, 1.165) is 10.8 Å². The molecule has 6 nitrogen and oxygen atoms in total. The maximum absolute atomic E-state index is 10.6. The fourth-order valence-electron chi connectivity index (χ4n) is 2.14. The summed E-state index contributed by atoms with van der Waals surface area (Å²) in [6.07, 6.45) is -3.68. The number of hydrogen-bond donors (Lipinski definition) is 3. The number of hydrogen-bond acceptors (Lipinski definition) is 5. The number of carbonyl (C=O) groups is 1. The maximum atomic E-state index is 10.6. The molecule has 2 aromatic carbocycles. The lowest BCUT2D eigenvalue weighted by Gasteiger charge is -2.15. The van der Waals surface area contributed by atoms with Crippen molar-refractivity contribution in [2.45, 2.75) is 12.2 Å². The van der Waals surface area contributed by atoms with Gasteiger partial charge in [0.2, 0.25) is 0 Å². The Morgan fingerprint density at radius 2 is 1.85 bits per heavy atom. The Morgan fingerprint density at radius 1 is 1.20 bits per heavy atom. The number of H-pyrrole nitrogens is 1. The van der Waals surface area contributed by atoms with Crippen LogP contribution in [0, 0.1) is 0 Å². The van der Waals surface area contributed by atoms with E-state index < -0.39 is 18.2 Å². The van der Waals surface area contributed by atoms with Crippen LogP contribution < -0.4 is 5.11 Å². The van der Waals surface area contributed by atoms with E-state index in [0.29, 0.717) is 11.0 Å². The number of aromatic amines is 1. The first kappa shape index (κ1) is 12.6. The summed E-state index contributed by atoms with van der Waals surface area (Å²) in [5, 5.41) is 31.6. The van der Waals surface area contributed by atoms with E-state index in [2.05, 4.69) is 9.97 Å². The highest BCUT2D eigenvalue weighted by atomic mass is 16.4. The van der Waals surface area contributed by atoms with Crippen molar-refractivity contribution < 1.29 is 20.1 Å². The number of fused-ring (bicyclic) bond motifs is 2. The normalized spacial score (nSPS) is 14.5. The third-order valence-electron chi connectivity index (χ3n) is 3.19. The Hall–Kier alpha value is -2.44. The van der Waals surface area contributed by atoms with E-state index in [1.807, 2.05) is 36.4 Å². The molecule has 0 fully saturated rings. The second-order valence-electron chi connectivity index (χ2n) is 4.55. The van der Waals surface area contributed by atoms with Gasteiger partial charge in [-0.1, -0.05) is 24.3 Å². The number of carboxylic acid groups (broad SMARTS) is 1. The molecule has 3 aromatic rings. The lowest BCUT2D eigenvalue weighted by atomic mass is 10.1. The first-order valence-corrected chi connectivity index (χ1v) is 6.01. The molecule has 3 rings (SSSR count). The minimum Gasteiger partial charge on any atom is -0.547 e. The molecule has 0 aliphatic carbocycles. The van der Waals surface area contributed by atoms with Gasteiger partial charge in [0.25, 0.3) is 0 Å². The summed E-state index contributed by atoms with van der Waals surface area (Å²) in [5.74, 6) is -1.75. The molecule has 102 valence electrons. The Bertz CT molecular complexity index is 744. The first-order valence-electron chi connectivity index (χ1n) is 6.01. The third-order valence-corrected chi connectivity index (χ3v) is 3.19. The summed E-state index contributed by atoms with van der Waals surface area (Å²) in [5.41, 5.74) is 1.24. The zero-order valence-electron chi connectivity index (χ0n) is 10.3. The number of carbonyl (C=O) groups excluding carboxylic acids is 1. The molecule has 2 atom stereocenters. The molecule has 0 bridgehead atoms. The van der Waals surface area contributed by atoms with Gasteiger partial charge in [-0.15, -0.1) is 0 Å². The average molecular weight is 271 g/mol. The standard InChI is InChI=1S/C14H12N2O4/c17-11(12(18)14(19)20)13-15-9-5-7-3-1-2-4-8(7)6-10(9)16-13/h1-6,11-12,17-18H,(H,15,16)(H,19,20)/p-1/t11-,12+/m1/s1. The van der Waals surface area contributed by atoms with Crippen LogP contribution in [0.4, 0.5) is 0 Å². The largest absolute Gasteiger partial charge is 0.547 e. The van der Waals surface area contributed by atoms with Crippen LogP contribution in [0.3, 0.4) is 0 Å². The van der Waals surface area contributed by atoms with E-state index in [1.165, 1.54) is 0 Å². The van der Waals surface area contributed by atoms with Gasteiger partial charge in [0.15, 0.2) is 0 Å². The smallest absolute Gasteiger partial charge is 0.143 e. The fourth-order valence-corrected chi connectivity index (χ4v) is 2.14. The van der Waals surface area contributed by atoms with Crippen molar-refractivity contribution in [3.8, 4) is 0 Å². The number of carboxylic acids is 1. The van der Waals surface area contributed by atoms with E-state index >= 15 is 0 Å². The van der Waals surface area contributed by atoms with Crippen LogP contribution in [-0.4, -0.2) is 32.3 Å². The molecule has 0 aliphatic heterocycles. The molecule has 6 heteroatoms. The van der Waals surface area contributed by atoms with Crippen LogP contribution in [0.2, 0.25) is 0 Å². The quantitative estimate of drug-likeness (QED) is 0.614. The molecule has 1 aromatic heterocycles. The topological polar surface area (TPSA) is 109 Å². The van der Waals surface area contributed by atoms with E-state index in [-0.39, 0.29) is 5.82 Å². The summed E-state index contributed by atoms with van der Waals surface area (Å²) in [7, 11) is 0. The molecule has 0 radical (unpaired) electrons. The molecule has 0 saturated carbocycles. The number of aliphatic carboxylic acids is 1. The number of nitrogens with one attached hydrogen (secondary N) is 1. The van der Waals surface area contributed by atoms with Crippen LogP contribution in [0.25, 0.3) is 21.8 Å². The summed E-state index contributed by atoms with van der Waals surface area (Å²) < 4.78 is 0. The van der Waals surface area contributed by atoms with Crippen LogP contribution in [0.15, 0.2) is 36.4 Å². The average Bonchev–Trinajstić information content (AvgIpc) is 2.85. The first-order chi connectivity index (χ1) is 9.56. The lowest BCUT2D eigenvalue weighted by molar-refractivity contribution is -0.318. The highest BCUT2D eigenvalue weighted by Gasteiger charge is 2.22. The second kappa shape index (κ2) is 4.59. The van der Waals surface area contributed by atoms with Gasteiger partial charge in [-0.05, 0) is 22.9 Å². The molecule has 0 saturated heterocycles. The summed E-state index contributed by atoms with van der Waals surface area (Å²) in [6, 6.07) is 11.3. The van der Waals surface area contributed by atoms with Crippen molar-refractivity contribution in [2.75, 3.05) is 0 Å².